The molecular formula is C17H33N3O. The molecule has 4 heteroatoms. The van der Waals surface area contributed by atoms with Crippen molar-refractivity contribution < 1.29 is 4.74 Å². The van der Waals surface area contributed by atoms with Crippen molar-refractivity contribution in [1.82, 2.24) is 10.2 Å². The van der Waals surface area contributed by atoms with Gasteiger partial charge in [-0.2, -0.15) is 5.26 Å². The number of rotatable bonds is 9. The molecule has 1 N–H and O–H groups in total. The highest BCUT2D eigenvalue weighted by molar-refractivity contribution is 5.22. The second-order valence-corrected chi connectivity index (χ2v) is 7.44. The Bertz CT molecular complexity index is 361. The molecule has 0 saturated carbocycles. The van der Waals surface area contributed by atoms with E-state index in [1.807, 2.05) is 18.1 Å². The Morgan fingerprint density at radius 3 is 2.38 bits per heavy atom. The molecule has 0 spiro atoms. The van der Waals surface area contributed by atoms with Crippen LogP contribution in [0.2, 0.25) is 0 Å². The van der Waals surface area contributed by atoms with E-state index in [-0.39, 0.29) is 5.54 Å². The fraction of sp³-hybridized carbons (Fsp3) is 0.824. The molecule has 0 aliphatic heterocycles. The third-order valence-electron chi connectivity index (χ3n) is 3.30. The Hall–Kier alpha value is -1.05. The molecule has 0 rings (SSSR count). The van der Waals surface area contributed by atoms with Gasteiger partial charge in [-0.1, -0.05) is 20.8 Å². The zero-order valence-corrected chi connectivity index (χ0v) is 14.9. The van der Waals surface area contributed by atoms with Crippen LogP contribution in [0, 0.1) is 16.7 Å². The van der Waals surface area contributed by atoms with Crippen LogP contribution in [0.25, 0.3) is 0 Å². The Morgan fingerprint density at radius 1 is 1.29 bits per heavy atom. The second-order valence-electron chi connectivity index (χ2n) is 7.44. The first-order chi connectivity index (χ1) is 9.59. The summed E-state index contributed by atoms with van der Waals surface area (Å²) in [6.07, 6.45) is 3.65. The van der Waals surface area contributed by atoms with E-state index in [9.17, 15) is 5.26 Å². The molecule has 21 heavy (non-hydrogen) atoms. The first-order valence-corrected chi connectivity index (χ1v) is 7.73. The van der Waals surface area contributed by atoms with Crippen LogP contribution in [0.4, 0.5) is 0 Å². The Labute approximate surface area is 131 Å². The number of nitriles is 1. The summed E-state index contributed by atoms with van der Waals surface area (Å²) in [5, 5.41) is 12.6. The molecule has 0 aromatic heterocycles. The van der Waals surface area contributed by atoms with Gasteiger partial charge in [-0.3, -0.25) is 5.32 Å². The largest absolute Gasteiger partial charge is 0.380 e. The molecule has 0 heterocycles. The lowest BCUT2D eigenvalue weighted by Crippen LogP contribution is -2.41. The average Bonchev–Trinajstić information content (AvgIpc) is 2.35. The summed E-state index contributed by atoms with van der Waals surface area (Å²) >= 11 is 0. The first-order valence-electron chi connectivity index (χ1n) is 7.73. The molecule has 0 amide bonds. The zero-order chi connectivity index (χ0) is 16.5. The van der Waals surface area contributed by atoms with Crippen molar-refractivity contribution in [2.75, 3.05) is 26.9 Å². The summed E-state index contributed by atoms with van der Waals surface area (Å²) in [6.45, 7) is 15.1. The Kier molecular flexibility index (Phi) is 8.61. The van der Waals surface area contributed by atoms with Crippen molar-refractivity contribution in [3.8, 4) is 6.07 Å². The lowest BCUT2D eigenvalue weighted by Gasteiger charge is -2.27. The van der Waals surface area contributed by atoms with Gasteiger partial charge in [0, 0.05) is 43.9 Å². The monoisotopic (exact) mass is 295 g/mol. The number of nitrogens with one attached hydrogen (secondary N) is 1. The minimum Gasteiger partial charge on any atom is -0.380 e. The number of hydrogen-bond acceptors (Lipinski definition) is 4. The van der Waals surface area contributed by atoms with Crippen molar-refractivity contribution in [1.29, 1.82) is 5.26 Å². The van der Waals surface area contributed by atoms with Gasteiger partial charge in [-0.15, -0.1) is 0 Å². The maximum absolute atomic E-state index is 9.23. The van der Waals surface area contributed by atoms with Crippen LogP contribution in [0.15, 0.2) is 11.8 Å². The summed E-state index contributed by atoms with van der Waals surface area (Å²) in [5.74, 6) is 0. The van der Waals surface area contributed by atoms with Crippen LogP contribution in [0.5, 0.6) is 0 Å². The Morgan fingerprint density at radius 2 is 1.90 bits per heavy atom. The number of hydrogen-bond donors (Lipinski definition) is 1. The zero-order valence-electron chi connectivity index (χ0n) is 14.9. The average molecular weight is 295 g/mol. The summed E-state index contributed by atoms with van der Waals surface area (Å²) in [4.78, 5) is 2.02. The fourth-order valence-electron chi connectivity index (χ4n) is 1.71. The molecular weight excluding hydrogens is 262 g/mol. The third-order valence-corrected chi connectivity index (χ3v) is 3.30. The summed E-state index contributed by atoms with van der Waals surface area (Å²) < 4.78 is 5.64. The van der Waals surface area contributed by atoms with Gasteiger partial charge in [0.25, 0.3) is 0 Å². The fourth-order valence-corrected chi connectivity index (χ4v) is 1.71. The van der Waals surface area contributed by atoms with Crippen LogP contribution < -0.4 is 5.32 Å². The molecule has 0 radical (unpaired) electrons. The van der Waals surface area contributed by atoms with Gasteiger partial charge in [-0.05, 0) is 32.6 Å². The van der Waals surface area contributed by atoms with E-state index >= 15 is 0 Å². The topological polar surface area (TPSA) is 48.3 Å². The van der Waals surface area contributed by atoms with Crippen molar-refractivity contribution in [3.05, 3.63) is 11.8 Å². The van der Waals surface area contributed by atoms with Crippen LogP contribution in [0.3, 0.4) is 0 Å². The maximum atomic E-state index is 9.23. The van der Waals surface area contributed by atoms with Gasteiger partial charge in [0.2, 0.25) is 0 Å². The van der Waals surface area contributed by atoms with Gasteiger partial charge in [-0.25, -0.2) is 0 Å². The lowest BCUT2D eigenvalue weighted by molar-refractivity contribution is 0.0770. The molecule has 0 saturated heterocycles. The van der Waals surface area contributed by atoms with Gasteiger partial charge in [0.1, 0.15) is 0 Å². The van der Waals surface area contributed by atoms with E-state index < -0.39 is 0 Å². The van der Waals surface area contributed by atoms with E-state index in [4.69, 9.17) is 4.74 Å². The summed E-state index contributed by atoms with van der Waals surface area (Å²) in [5.41, 5.74) is 0.932. The molecule has 0 fully saturated rings. The third kappa shape index (κ3) is 11.3. The molecule has 122 valence electrons. The minimum absolute atomic E-state index is 0.155. The number of nitrogens with zero attached hydrogens (tertiary/aromatic N) is 2. The van der Waals surface area contributed by atoms with Crippen LogP contribution in [-0.2, 0) is 4.74 Å². The van der Waals surface area contributed by atoms with Crippen molar-refractivity contribution in [2.45, 2.75) is 59.9 Å². The smallest absolute Gasteiger partial charge is 0.0969 e. The van der Waals surface area contributed by atoms with Crippen molar-refractivity contribution in [3.63, 3.8) is 0 Å². The van der Waals surface area contributed by atoms with Crippen LogP contribution >= 0.6 is 0 Å². The second kappa shape index (κ2) is 9.07. The predicted molar refractivity (Wildman–Crippen MR) is 88.7 cm³/mol. The highest BCUT2D eigenvalue weighted by Gasteiger charge is 2.19. The summed E-state index contributed by atoms with van der Waals surface area (Å²) in [7, 11) is 1.98. The van der Waals surface area contributed by atoms with Gasteiger partial charge in [0.05, 0.1) is 12.8 Å². The highest BCUT2D eigenvalue weighted by atomic mass is 16.5. The molecule has 4 nitrogen and oxygen atoms in total. The van der Waals surface area contributed by atoms with E-state index in [0.717, 1.165) is 25.1 Å². The standard InChI is InChI=1S/C17H33N3O/c1-8-20(7)13-15(12-18)11-17(5,6)19-14-21-10-9-16(2,3)4/h13,19H,8-11,14H2,1-7H3/b15-13-. The molecule has 0 aromatic rings. The molecule has 0 unspecified atom stereocenters. The maximum Gasteiger partial charge on any atom is 0.0969 e. The molecule has 0 aliphatic rings. The molecule has 0 atom stereocenters. The van der Waals surface area contributed by atoms with Crippen molar-refractivity contribution >= 4 is 0 Å². The molecule has 0 aromatic carbocycles. The van der Waals surface area contributed by atoms with Crippen molar-refractivity contribution in [2.24, 2.45) is 5.41 Å². The highest BCUT2D eigenvalue weighted by Crippen LogP contribution is 2.18. The SMILES string of the molecule is CCN(C)/C=C(\C#N)CC(C)(C)NCOCCC(C)(C)C. The van der Waals surface area contributed by atoms with Gasteiger partial charge in [0.15, 0.2) is 0 Å². The first kappa shape index (κ1) is 19.9. The van der Waals surface area contributed by atoms with Crippen LogP contribution in [0.1, 0.15) is 54.4 Å². The van der Waals surface area contributed by atoms with E-state index in [0.29, 0.717) is 18.6 Å². The number of ether oxygens (including phenoxy) is 1. The van der Waals surface area contributed by atoms with E-state index in [1.54, 1.807) is 0 Å². The quantitative estimate of drug-likeness (QED) is 0.402. The van der Waals surface area contributed by atoms with E-state index in [1.165, 1.54) is 0 Å². The van der Waals surface area contributed by atoms with Crippen LogP contribution in [-0.4, -0.2) is 37.4 Å². The lowest BCUT2D eigenvalue weighted by atomic mass is 9.93. The summed E-state index contributed by atoms with van der Waals surface area (Å²) in [6, 6.07) is 2.28. The van der Waals surface area contributed by atoms with E-state index in [2.05, 4.69) is 52.9 Å². The Balaban J connectivity index is 4.19. The van der Waals surface area contributed by atoms with Gasteiger partial charge >= 0.3 is 0 Å². The van der Waals surface area contributed by atoms with Gasteiger partial charge < -0.3 is 9.64 Å². The molecule has 0 aliphatic carbocycles. The normalized spacial score (nSPS) is 13.1. The molecule has 0 bridgehead atoms. The minimum atomic E-state index is -0.155. The predicted octanol–water partition coefficient (Wildman–Crippen LogP) is 3.51.